The van der Waals surface area contributed by atoms with Crippen molar-refractivity contribution in [3.8, 4) is 0 Å². The van der Waals surface area contributed by atoms with Gasteiger partial charge in [0.1, 0.15) is 0 Å². The summed E-state index contributed by atoms with van der Waals surface area (Å²) >= 11 is 0. The van der Waals surface area contributed by atoms with Crippen LogP contribution in [0.25, 0.3) is 0 Å². The molecule has 5 heteroatoms. The Labute approximate surface area is 193 Å². The van der Waals surface area contributed by atoms with Crippen LogP contribution in [-0.2, 0) is 11.8 Å². The minimum absolute atomic E-state index is 0.306. The van der Waals surface area contributed by atoms with Gasteiger partial charge < -0.3 is 0 Å². The Morgan fingerprint density at radius 2 is 1.28 bits per heavy atom. The predicted molar refractivity (Wildman–Crippen MR) is 137 cm³/mol. The summed E-state index contributed by atoms with van der Waals surface area (Å²) in [7, 11) is -0.130. The van der Waals surface area contributed by atoms with Gasteiger partial charge in [0.15, 0.2) is 0 Å². The Hall–Kier alpha value is -2.45. The summed E-state index contributed by atoms with van der Waals surface area (Å²) in [6.45, 7) is 0. The Bertz CT molecular complexity index is 901. The summed E-state index contributed by atoms with van der Waals surface area (Å²) in [6.07, 6.45) is 14.9. The van der Waals surface area contributed by atoms with Gasteiger partial charge in [0, 0.05) is 0 Å². The Balaban J connectivity index is 1.66. The van der Waals surface area contributed by atoms with Crippen LogP contribution >= 0.6 is 7.26 Å². The molecule has 0 atom stereocenters. The van der Waals surface area contributed by atoms with E-state index < -0.39 is 13.2 Å². The van der Waals surface area contributed by atoms with Crippen LogP contribution in [0.5, 0.6) is 0 Å². The number of rotatable bonds is 14. The van der Waals surface area contributed by atoms with Gasteiger partial charge in [-0.1, -0.05) is 0 Å². The molecule has 0 bridgehead atoms. The first-order valence-electron chi connectivity index (χ1n) is 11.9. The maximum atomic E-state index is 10.6. The summed E-state index contributed by atoms with van der Waals surface area (Å²) in [6, 6.07) is 22.1. The molecule has 0 saturated heterocycles. The summed E-state index contributed by atoms with van der Waals surface area (Å²) in [5.41, 5.74) is 0. The average Bonchev–Trinajstić information content (AvgIpc) is 3.25. The molecule has 1 N–H and O–H groups in total. The zero-order chi connectivity index (χ0) is 22.7. The van der Waals surface area contributed by atoms with E-state index in [9.17, 15) is 4.79 Å². The molecule has 0 aliphatic heterocycles. The molecule has 0 spiro atoms. The van der Waals surface area contributed by atoms with Gasteiger partial charge in [-0.15, -0.1) is 0 Å². The van der Waals surface area contributed by atoms with Crippen LogP contribution in [0.4, 0.5) is 0 Å². The van der Waals surface area contributed by atoms with E-state index in [4.69, 9.17) is 5.11 Å². The molecule has 1 aromatic heterocycles. The third-order valence-electron chi connectivity index (χ3n) is 6.42. The van der Waals surface area contributed by atoms with Gasteiger partial charge in [0.25, 0.3) is 0 Å². The van der Waals surface area contributed by atoms with Crippen molar-refractivity contribution < 1.29 is 9.90 Å². The summed E-state index contributed by atoms with van der Waals surface area (Å²) in [5, 5.41) is 17.6. The molecule has 2 aromatic carbocycles. The van der Waals surface area contributed by atoms with Gasteiger partial charge >= 0.3 is 193 Å². The normalized spacial score (nSPS) is 12.0. The molecule has 0 saturated carbocycles. The summed E-state index contributed by atoms with van der Waals surface area (Å²) in [4.78, 5) is 10.6. The first-order chi connectivity index (χ1) is 15.6. The molecule has 172 valence electrons. The Kier molecular flexibility index (Phi) is 9.49. The molecule has 3 rings (SSSR count). The number of carboxylic acids is 1. The predicted octanol–water partition coefficient (Wildman–Crippen LogP) is 5.04. The second-order valence-corrected chi connectivity index (χ2v) is 12.8. The second-order valence-electron chi connectivity index (χ2n) is 8.76. The van der Waals surface area contributed by atoms with Crippen LogP contribution in [0.15, 0.2) is 73.1 Å². The molecule has 0 fully saturated rings. The summed E-state index contributed by atoms with van der Waals surface area (Å²) < 4.78 is 1.94. The van der Waals surface area contributed by atoms with E-state index in [1.165, 1.54) is 54.2 Å². The maximum absolute atomic E-state index is 10.6. The van der Waals surface area contributed by atoms with E-state index in [-0.39, 0.29) is 0 Å². The third-order valence-corrected chi connectivity index (χ3v) is 11.4. The number of carbonyl (C=O) groups is 1. The van der Waals surface area contributed by atoms with Crippen LogP contribution in [-0.4, -0.2) is 27.0 Å². The van der Waals surface area contributed by atoms with Gasteiger partial charge in [-0.3, -0.25) is 0 Å². The number of aryl methyl sites for hydroxylation is 1. The average molecular weight is 453 g/mol. The molecule has 4 nitrogen and oxygen atoms in total. The van der Waals surface area contributed by atoms with E-state index >= 15 is 0 Å². The molecular formula is C27H37N2O2P. The number of carboxylic acid groups (broad SMARTS) is 1. The molecule has 0 aliphatic carbocycles. The van der Waals surface area contributed by atoms with E-state index in [2.05, 4.69) is 78.2 Å². The fourth-order valence-corrected chi connectivity index (χ4v) is 9.60. The van der Waals surface area contributed by atoms with Crippen molar-refractivity contribution in [3.05, 3.63) is 73.1 Å². The van der Waals surface area contributed by atoms with E-state index in [1.54, 1.807) is 0 Å². The van der Waals surface area contributed by atoms with Gasteiger partial charge in [-0.05, 0) is 0 Å². The van der Waals surface area contributed by atoms with Crippen molar-refractivity contribution in [3.63, 3.8) is 0 Å². The Morgan fingerprint density at radius 3 is 1.75 bits per heavy atom. The van der Waals surface area contributed by atoms with Crippen molar-refractivity contribution in [2.45, 2.75) is 57.8 Å². The van der Waals surface area contributed by atoms with Crippen molar-refractivity contribution in [1.29, 1.82) is 0 Å². The van der Waals surface area contributed by atoms with Crippen LogP contribution in [0.2, 0.25) is 0 Å². The first kappa shape index (κ1) is 24.2. The monoisotopic (exact) mass is 452 g/mol. The van der Waals surface area contributed by atoms with Crippen LogP contribution in [0, 0.1) is 0 Å². The molecule has 0 amide bonds. The fourth-order valence-electron chi connectivity index (χ4n) is 4.75. The van der Waals surface area contributed by atoms with Gasteiger partial charge in [0.05, 0.1) is 0 Å². The van der Waals surface area contributed by atoms with E-state index in [0.717, 1.165) is 19.3 Å². The molecule has 0 unspecified atom stereocenters. The van der Waals surface area contributed by atoms with Crippen molar-refractivity contribution in [2.75, 3.05) is 6.16 Å². The van der Waals surface area contributed by atoms with Crippen LogP contribution < -0.4 is 15.9 Å². The van der Waals surface area contributed by atoms with Gasteiger partial charge in [0.2, 0.25) is 0 Å². The number of aromatic nitrogens is 2. The third kappa shape index (κ3) is 6.53. The van der Waals surface area contributed by atoms with E-state index in [0.29, 0.717) is 6.42 Å². The number of hydrogen-bond donors (Lipinski definition) is 1. The summed E-state index contributed by atoms with van der Waals surface area (Å²) in [5.74, 6) is -0.678. The van der Waals surface area contributed by atoms with Crippen molar-refractivity contribution >= 4 is 29.1 Å². The van der Waals surface area contributed by atoms with Gasteiger partial charge in [-0.2, -0.15) is 0 Å². The zero-order valence-corrected chi connectivity index (χ0v) is 20.2. The number of benzene rings is 2. The molecule has 1 heterocycles. The zero-order valence-electron chi connectivity index (χ0n) is 19.2. The molecular weight excluding hydrogens is 415 g/mol. The molecule has 0 aliphatic rings. The molecule has 32 heavy (non-hydrogen) atoms. The number of hydrogen-bond acceptors (Lipinski definition) is 2. The van der Waals surface area contributed by atoms with Crippen molar-refractivity contribution in [2.24, 2.45) is 7.05 Å². The minimum atomic E-state index is -2.14. The molecule has 0 radical (unpaired) electrons. The number of aliphatic carboxylic acids is 1. The van der Waals surface area contributed by atoms with Crippen LogP contribution in [0.1, 0.15) is 57.8 Å². The standard InChI is InChI=1S/C27H37N2O2P/c1-29-23-26(22-28-29)32(24-16-10-8-11-17-24,25-18-12-9-13-19-25)21-15-7-5-3-2-4-6-14-20-27(30)31/h8-13,16-19,22-23,32H,2-7,14-15,20-21H2,1H3,(H,30,31). The first-order valence-corrected chi connectivity index (χ1v) is 14.2. The Morgan fingerprint density at radius 1 is 0.781 bits per heavy atom. The fraction of sp³-hybridized carbons (Fsp3) is 0.407. The molecule has 3 aromatic rings. The number of nitrogens with zero attached hydrogens (tertiary/aromatic N) is 2. The van der Waals surface area contributed by atoms with Gasteiger partial charge in [-0.25, -0.2) is 0 Å². The second kappa shape index (κ2) is 12.6. The van der Waals surface area contributed by atoms with Crippen molar-refractivity contribution in [1.82, 2.24) is 9.78 Å². The van der Waals surface area contributed by atoms with E-state index in [1.807, 2.05) is 11.7 Å². The van der Waals surface area contributed by atoms with Crippen LogP contribution in [0.3, 0.4) is 0 Å². The quantitative estimate of drug-likeness (QED) is 0.275. The SMILES string of the molecule is Cn1cc([PH](CCCCCCCCCCC(=O)O)(c2ccccc2)c2ccccc2)cn1. The topological polar surface area (TPSA) is 55.1 Å². The number of unbranched alkanes of at least 4 members (excludes halogenated alkanes) is 7.